The number of nitrogens with one attached hydrogen (secondary N) is 2. The minimum atomic E-state index is 0.676. The van der Waals surface area contributed by atoms with Crippen molar-refractivity contribution < 1.29 is 4.74 Å². The van der Waals surface area contributed by atoms with Crippen LogP contribution in [0.4, 0.5) is 0 Å². The second-order valence-electron chi connectivity index (χ2n) is 5.81. The van der Waals surface area contributed by atoms with Crippen molar-refractivity contribution in [3.63, 3.8) is 0 Å². The van der Waals surface area contributed by atoms with Crippen molar-refractivity contribution in [2.24, 2.45) is 10.9 Å². The van der Waals surface area contributed by atoms with E-state index in [-0.39, 0.29) is 0 Å². The molecule has 132 valence electrons. The number of hydrogen-bond donors (Lipinski definition) is 2. The Morgan fingerprint density at radius 1 is 1.30 bits per heavy atom. The lowest BCUT2D eigenvalue weighted by Gasteiger charge is -2.11. The highest BCUT2D eigenvalue weighted by molar-refractivity contribution is 7.11. The molecule has 0 aliphatic heterocycles. The van der Waals surface area contributed by atoms with Crippen molar-refractivity contribution in [2.75, 3.05) is 32.8 Å². The Labute approximate surface area is 145 Å². The van der Waals surface area contributed by atoms with Crippen molar-refractivity contribution in [1.29, 1.82) is 0 Å². The summed E-state index contributed by atoms with van der Waals surface area (Å²) >= 11 is 1.80. The van der Waals surface area contributed by atoms with Crippen LogP contribution in [0.5, 0.6) is 0 Å². The number of aromatic nitrogens is 1. The number of guanidine groups is 1. The molecule has 0 atom stereocenters. The molecule has 0 amide bonds. The molecule has 1 rings (SSSR count). The van der Waals surface area contributed by atoms with E-state index in [1.54, 1.807) is 11.3 Å². The third-order valence-corrected chi connectivity index (χ3v) is 4.47. The van der Waals surface area contributed by atoms with Crippen LogP contribution in [0.3, 0.4) is 0 Å². The van der Waals surface area contributed by atoms with Gasteiger partial charge in [0.2, 0.25) is 0 Å². The van der Waals surface area contributed by atoms with Gasteiger partial charge in [0.25, 0.3) is 0 Å². The first-order valence-electron chi connectivity index (χ1n) is 8.69. The van der Waals surface area contributed by atoms with E-state index in [0.717, 1.165) is 44.9 Å². The summed E-state index contributed by atoms with van der Waals surface area (Å²) in [6.07, 6.45) is 5.08. The molecule has 5 nitrogen and oxygen atoms in total. The molecule has 1 aromatic heterocycles. The zero-order chi connectivity index (χ0) is 16.9. The Bertz CT molecular complexity index is 446. The first kappa shape index (κ1) is 19.9. The lowest BCUT2D eigenvalue weighted by Crippen LogP contribution is -2.38. The van der Waals surface area contributed by atoms with E-state index in [9.17, 15) is 0 Å². The van der Waals surface area contributed by atoms with Crippen LogP contribution in [0.15, 0.2) is 11.2 Å². The van der Waals surface area contributed by atoms with Gasteiger partial charge in [-0.3, -0.25) is 4.99 Å². The predicted octanol–water partition coefficient (Wildman–Crippen LogP) is 2.87. The summed E-state index contributed by atoms with van der Waals surface area (Å²) in [6.45, 7) is 12.5. The Kier molecular flexibility index (Phi) is 10.6. The normalized spacial score (nSPS) is 12.0. The summed E-state index contributed by atoms with van der Waals surface area (Å²) in [5.74, 6) is 1.55. The van der Waals surface area contributed by atoms with Crippen LogP contribution in [0.25, 0.3) is 0 Å². The van der Waals surface area contributed by atoms with Crippen LogP contribution in [0, 0.1) is 5.92 Å². The van der Waals surface area contributed by atoms with Crippen LogP contribution in [0.1, 0.15) is 44.0 Å². The van der Waals surface area contributed by atoms with Crippen LogP contribution in [-0.2, 0) is 17.6 Å². The molecular weight excluding hydrogens is 308 g/mol. The fraction of sp³-hybridized carbons (Fsp3) is 0.765. The molecule has 0 radical (unpaired) electrons. The van der Waals surface area contributed by atoms with E-state index in [0.29, 0.717) is 19.1 Å². The Morgan fingerprint density at radius 3 is 2.78 bits per heavy atom. The lowest BCUT2D eigenvalue weighted by molar-refractivity contribution is 0.130. The van der Waals surface area contributed by atoms with Gasteiger partial charge < -0.3 is 15.4 Å². The van der Waals surface area contributed by atoms with Gasteiger partial charge in [0, 0.05) is 37.2 Å². The largest absolute Gasteiger partial charge is 0.380 e. The van der Waals surface area contributed by atoms with E-state index in [4.69, 9.17) is 4.74 Å². The number of nitrogens with zero attached hydrogens (tertiary/aromatic N) is 2. The average molecular weight is 341 g/mol. The zero-order valence-corrected chi connectivity index (χ0v) is 15.8. The molecule has 1 heterocycles. The van der Waals surface area contributed by atoms with Gasteiger partial charge in [0.1, 0.15) is 0 Å². The van der Waals surface area contributed by atoms with E-state index < -0.39 is 0 Å². The fourth-order valence-corrected chi connectivity index (χ4v) is 2.76. The molecule has 6 heteroatoms. The quantitative estimate of drug-likeness (QED) is 0.369. The topological polar surface area (TPSA) is 58.5 Å². The summed E-state index contributed by atoms with van der Waals surface area (Å²) in [7, 11) is 0. The van der Waals surface area contributed by atoms with Crippen molar-refractivity contribution in [3.8, 4) is 0 Å². The maximum absolute atomic E-state index is 5.59. The Balaban J connectivity index is 2.23. The van der Waals surface area contributed by atoms with Crippen molar-refractivity contribution >= 4 is 17.3 Å². The Hall–Kier alpha value is -1.14. The molecular formula is C17H32N4OS. The smallest absolute Gasteiger partial charge is 0.191 e. The van der Waals surface area contributed by atoms with E-state index in [1.807, 2.05) is 6.20 Å². The van der Waals surface area contributed by atoms with Crippen molar-refractivity contribution in [1.82, 2.24) is 15.6 Å². The monoisotopic (exact) mass is 340 g/mol. The van der Waals surface area contributed by atoms with Gasteiger partial charge in [-0.1, -0.05) is 20.8 Å². The van der Waals surface area contributed by atoms with Gasteiger partial charge in [-0.15, -0.1) is 11.3 Å². The maximum atomic E-state index is 5.59. The molecule has 0 aliphatic rings. The third kappa shape index (κ3) is 9.56. The highest BCUT2D eigenvalue weighted by Gasteiger charge is 2.02. The number of aryl methyl sites for hydroxylation is 1. The number of hydrogen-bond acceptors (Lipinski definition) is 4. The maximum Gasteiger partial charge on any atom is 0.191 e. The molecule has 0 bridgehead atoms. The number of thiazole rings is 1. The average Bonchev–Trinajstić information content (AvgIpc) is 2.98. The van der Waals surface area contributed by atoms with Gasteiger partial charge >= 0.3 is 0 Å². The van der Waals surface area contributed by atoms with Gasteiger partial charge in [-0.05, 0) is 25.7 Å². The highest BCUT2D eigenvalue weighted by Crippen LogP contribution is 2.13. The summed E-state index contributed by atoms with van der Waals surface area (Å²) in [4.78, 5) is 10.3. The first-order valence-corrected chi connectivity index (χ1v) is 9.50. The summed E-state index contributed by atoms with van der Waals surface area (Å²) in [5, 5.41) is 7.80. The molecule has 0 unspecified atom stereocenters. The molecule has 0 saturated carbocycles. The Morgan fingerprint density at radius 2 is 2.13 bits per heavy atom. The minimum Gasteiger partial charge on any atom is -0.380 e. The summed E-state index contributed by atoms with van der Waals surface area (Å²) in [6, 6.07) is 0. The molecule has 0 spiro atoms. The van der Waals surface area contributed by atoms with Gasteiger partial charge in [-0.2, -0.15) is 0 Å². The van der Waals surface area contributed by atoms with Crippen molar-refractivity contribution in [3.05, 3.63) is 16.1 Å². The number of aliphatic imine (C=N–C) groups is 1. The molecule has 0 saturated heterocycles. The number of ether oxygens (including phenoxy) is 1. The van der Waals surface area contributed by atoms with Crippen LogP contribution < -0.4 is 10.6 Å². The second kappa shape index (κ2) is 12.3. The second-order valence-corrected chi connectivity index (χ2v) is 7.01. The van der Waals surface area contributed by atoms with E-state index >= 15 is 0 Å². The SMILES string of the molecule is CCNC(=NCCOCCC(C)C)NCCc1ncc(CC)s1. The zero-order valence-electron chi connectivity index (χ0n) is 15.0. The highest BCUT2D eigenvalue weighted by atomic mass is 32.1. The van der Waals surface area contributed by atoms with E-state index in [1.165, 1.54) is 9.88 Å². The fourth-order valence-electron chi connectivity index (χ4n) is 1.90. The standard InChI is InChI=1S/C17H32N4OS/c1-5-15-13-21-16(23-15)7-9-19-17(18-6-2)20-10-12-22-11-8-14(3)4/h13-14H,5-12H2,1-4H3,(H2,18,19,20). The third-order valence-electron chi connectivity index (χ3n) is 3.27. The van der Waals surface area contributed by atoms with Gasteiger partial charge in [-0.25, -0.2) is 4.98 Å². The molecule has 2 N–H and O–H groups in total. The molecule has 23 heavy (non-hydrogen) atoms. The lowest BCUT2D eigenvalue weighted by atomic mass is 10.1. The minimum absolute atomic E-state index is 0.676. The summed E-state index contributed by atoms with van der Waals surface area (Å²) < 4.78 is 5.59. The predicted molar refractivity (Wildman–Crippen MR) is 99.5 cm³/mol. The van der Waals surface area contributed by atoms with Crippen molar-refractivity contribution in [2.45, 2.75) is 47.0 Å². The molecule has 1 aromatic rings. The number of rotatable bonds is 11. The molecule has 0 fully saturated rings. The van der Waals surface area contributed by atoms with Gasteiger partial charge in [0.05, 0.1) is 18.2 Å². The van der Waals surface area contributed by atoms with Crippen LogP contribution >= 0.6 is 11.3 Å². The summed E-state index contributed by atoms with van der Waals surface area (Å²) in [5.41, 5.74) is 0. The van der Waals surface area contributed by atoms with Gasteiger partial charge in [0.15, 0.2) is 5.96 Å². The molecule has 0 aliphatic carbocycles. The van der Waals surface area contributed by atoms with Crippen LogP contribution in [-0.4, -0.2) is 43.8 Å². The van der Waals surface area contributed by atoms with Crippen LogP contribution in [0.2, 0.25) is 0 Å². The molecule has 0 aromatic carbocycles. The first-order chi connectivity index (χ1) is 11.2. The van der Waals surface area contributed by atoms with E-state index in [2.05, 4.69) is 48.3 Å².